The van der Waals surface area contributed by atoms with Crippen molar-refractivity contribution in [2.45, 2.75) is 18.2 Å². The van der Waals surface area contributed by atoms with Crippen LogP contribution >= 0.6 is 0 Å². The second-order valence-corrected chi connectivity index (χ2v) is 6.00. The summed E-state index contributed by atoms with van der Waals surface area (Å²) < 4.78 is 19.5. The Hall–Kier alpha value is -2.21. The summed E-state index contributed by atoms with van der Waals surface area (Å²) in [4.78, 5) is 25.4. The number of rotatable bonds is 3. The van der Waals surface area contributed by atoms with E-state index in [4.69, 9.17) is 4.74 Å². The molecule has 1 aromatic rings. The molecule has 2 fully saturated rings. The second-order valence-electron chi connectivity index (χ2n) is 6.00. The molecular weight excluding hydrogens is 289 g/mol. The molecule has 22 heavy (non-hydrogen) atoms. The third kappa shape index (κ3) is 1.67. The minimum Gasteiger partial charge on any atom is -0.550 e. The number of aliphatic carboxylic acids is 1. The fourth-order valence-corrected chi connectivity index (χ4v) is 3.81. The van der Waals surface area contributed by atoms with Crippen molar-refractivity contribution in [3.05, 3.63) is 47.8 Å². The normalized spacial score (nSPS) is 35.2. The van der Waals surface area contributed by atoms with Crippen LogP contribution in [0.5, 0.6) is 0 Å². The molecule has 3 heterocycles. The number of fused-ring (bicyclic) bond motifs is 1. The maximum absolute atomic E-state index is 13.8. The van der Waals surface area contributed by atoms with E-state index < -0.39 is 29.5 Å². The zero-order chi connectivity index (χ0) is 15.5. The molecule has 2 bridgehead atoms. The van der Waals surface area contributed by atoms with Crippen molar-refractivity contribution >= 4 is 11.9 Å². The Balaban J connectivity index is 1.64. The summed E-state index contributed by atoms with van der Waals surface area (Å²) in [7, 11) is 0. The van der Waals surface area contributed by atoms with Gasteiger partial charge in [-0.3, -0.25) is 4.79 Å². The van der Waals surface area contributed by atoms with Gasteiger partial charge < -0.3 is 19.5 Å². The van der Waals surface area contributed by atoms with Gasteiger partial charge in [-0.25, -0.2) is 4.39 Å². The first-order chi connectivity index (χ1) is 10.5. The van der Waals surface area contributed by atoms with E-state index in [0.29, 0.717) is 5.56 Å². The average molecular weight is 302 g/mol. The van der Waals surface area contributed by atoms with E-state index in [2.05, 4.69) is 0 Å². The Morgan fingerprint density at radius 1 is 1.45 bits per heavy atom. The van der Waals surface area contributed by atoms with Crippen molar-refractivity contribution in [2.24, 2.45) is 11.8 Å². The van der Waals surface area contributed by atoms with E-state index in [-0.39, 0.29) is 24.8 Å². The van der Waals surface area contributed by atoms with Gasteiger partial charge in [0.05, 0.1) is 18.6 Å². The minimum atomic E-state index is -1.28. The summed E-state index contributed by atoms with van der Waals surface area (Å²) in [5.41, 5.74) is -0.506. The van der Waals surface area contributed by atoms with Crippen LogP contribution in [0.1, 0.15) is 5.56 Å². The first-order valence-corrected chi connectivity index (χ1v) is 7.12. The molecule has 0 unspecified atom stereocenters. The summed E-state index contributed by atoms with van der Waals surface area (Å²) in [5.74, 6) is -3.73. The second kappa shape index (κ2) is 4.39. The fourth-order valence-electron chi connectivity index (χ4n) is 3.81. The van der Waals surface area contributed by atoms with Gasteiger partial charge >= 0.3 is 0 Å². The zero-order valence-electron chi connectivity index (χ0n) is 11.6. The molecular formula is C16H13FNO4-. The van der Waals surface area contributed by atoms with Crippen molar-refractivity contribution in [1.82, 2.24) is 4.90 Å². The van der Waals surface area contributed by atoms with Crippen LogP contribution in [-0.4, -0.2) is 35.0 Å². The molecule has 114 valence electrons. The molecule has 4 atom stereocenters. The number of benzene rings is 1. The Kier molecular flexibility index (Phi) is 2.69. The summed E-state index contributed by atoms with van der Waals surface area (Å²) in [6.07, 6.45) is 2.84. The first-order valence-electron chi connectivity index (χ1n) is 7.12. The molecule has 6 heteroatoms. The number of carbonyl (C=O) groups excluding carboxylic acids is 2. The Morgan fingerprint density at radius 3 is 2.95 bits per heavy atom. The molecule has 0 N–H and O–H groups in total. The SMILES string of the molecule is O=C([O-])[C@H]1[C@H]2C=C[C@@]3(CN(Cc4ccccc4F)C(=O)[C@@H]13)O2. The average Bonchev–Trinajstić information content (AvgIpc) is 3.10. The van der Waals surface area contributed by atoms with Gasteiger partial charge in [-0.05, 0) is 6.07 Å². The van der Waals surface area contributed by atoms with Crippen LogP contribution in [0.2, 0.25) is 0 Å². The zero-order valence-corrected chi connectivity index (χ0v) is 11.6. The highest BCUT2D eigenvalue weighted by Crippen LogP contribution is 2.51. The van der Waals surface area contributed by atoms with Crippen LogP contribution in [0.3, 0.4) is 0 Å². The van der Waals surface area contributed by atoms with E-state index >= 15 is 0 Å². The number of amides is 1. The minimum absolute atomic E-state index is 0.103. The number of halogens is 1. The molecule has 2 saturated heterocycles. The van der Waals surface area contributed by atoms with Crippen LogP contribution in [0.15, 0.2) is 36.4 Å². The molecule has 1 aromatic carbocycles. The van der Waals surface area contributed by atoms with Crippen LogP contribution in [0.4, 0.5) is 4.39 Å². The third-order valence-electron chi connectivity index (χ3n) is 4.77. The Bertz CT molecular complexity index is 703. The van der Waals surface area contributed by atoms with Gasteiger partial charge in [-0.2, -0.15) is 0 Å². The summed E-state index contributed by atoms with van der Waals surface area (Å²) in [5, 5.41) is 11.3. The molecule has 1 amide bonds. The van der Waals surface area contributed by atoms with Crippen molar-refractivity contribution in [1.29, 1.82) is 0 Å². The number of ether oxygens (including phenoxy) is 1. The molecule has 4 rings (SSSR count). The van der Waals surface area contributed by atoms with Gasteiger partial charge in [-0.1, -0.05) is 30.4 Å². The largest absolute Gasteiger partial charge is 0.550 e. The number of likely N-dealkylation sites (tertiary alicyclic amines) is 1. The predicted molar refractivity (Wildman–Crippen MR) is 70.5 cm³/mol. The summed E-state index contributed by atoms with van der Waals surface area (Å²) in [6, 6.07) is 6.22. The Labute approximate surface area is 126 Å². The first kappa shape index (κ1) is 13.5. The van der Waals surface area contributed by atoms with Crippen LogP contribution in [-0.2, 0) is 20.9 Å². The predicted octanol–water partition coefficient (Wildman–Crippen LogP) is -0.142. The molecule has 0 aromatic heterocycles. The highest BCUT2D eigenvalue weighted by Gasteiger charge is 2.65. The fraction of sp³-hybridized carbons (Fsp3) is 0.375. The van der Waals surface area contributed by atoms with Crippen LogP contribution < -0.4 is 5.11 Å². The van der Waals surface area contributed by atoms with Gasteiger partial charge in [-0.15, -0.1) is 0 Å². The van der Waals surface area contributed by atoms with Crippen LogP contribution in [0, 0.1) is 17.7 Å². The van der Waals surface area contributed by atoms with Gasteiger partial charge in [0.2, 0.25) is 5.91 Å². The molecule has 0 radical (unpaired) electrons. The van der Waals surface area contributed by atoms with Gasteiger partial charge in [0, 0.05) is 24.0 Å². The van der Waals surface area contributed by atoms with Crippen molar-refractivity contribution < 1.29 is 23.8 Å². The van der Waals surface area contributed by atoms with E-state index in [1.54, 1.807) is 30.4 Å². The number of carboxylic acids is 1. The van der Waals surface area contributed by atoms with Crippen molar-refractivity contribution in [2.75, 3.05) is 6.54 Å². The lowest BCUT2D eigenvalue weighted by Crippen LogP contribution is -2.45. The molecule has 3 aliphatic rings. The smallest absolute Gasteiger partial charge is 0.230 e. The molecule has 5 nitrogen and oxygen atoms in total. The molecule has 0 saturated carbocycles. The lowest BCUT2D eigenvalue weighted by molar-refractivity contribution is -0.313. The highest BCUT2D eigenvalue weighted by atomic mass is 19.1. The monoisotopic (exact) mass is 302 g/mol. The van der Waals surface area contributed by atoms with Crippen LogP contribution in [0.25, 0.3) is 0 Å². The third-order valence-corrected chi connectivity index (χ3v) is 4.77. The topological polar surface area (TPSA) is 69.7 Å². The number of hydrogen-bond donors (Lipinski definition) is 0. The van der Waals surface area contributed by atoms with Gasteiger partial charge in [0.15, 0.2) is 0 Å². The molecule has 0 aliphatic carbocycles. The van der Waals surface area contributed by atoms with Crippen molar-refractivity contribution in [3.63, 3.8) is 0 Å². The maximum Gasteiger partial charge on any atom is 0.230 e. The van der Waals surface area contributed by atoms with Crippen molar-refractivity contribution in [3.8, 4) is 0 Å². The van der Waals surface area contributed by atoms with Gasteiger partial charge in [0.1, 0.15) is 11.4 Å². The Morgan fingerprint density at radius 2 is 2.23 bits per heavy atom. The lowest BCUT2D eigenvalue weighted by atomic mass is 9.77. The van der Waals surface area contributed by atoms with E-state index in [1.807, 2.05) is 0 Å². The summed E-state index contributed by atoms with van der Waals surface area (Å²) in [6.45, 7) is 0.340. The molecule has 3 aliphatic heterocycles. The van der Waals surface area contributed by atoms with E-state index in [9.17, 15) is 19.1 Å². The van der Waals surface area contributed by atoms with Gasteiger partial charge in [0.25, 0.3) is 0 Å². The van der Waals surface area contributed by atoms with E-state index in [0.717, 1.165) is 0 Å². The number of carbonyl (C=O) groups is 2. The maximum atomic E-state index is 13.8. The quantitative estimate of drug-likeness (QED) is 0.729. The lowest BCUT2D eigenvalue weighted by Gasteiger charge is -2.24. The molecule has 1 spiro atoms. The number of carboxylic acid groups (broad SMARTS) is 1. The highest BCUT2D eigenvalue weighted by molar-refractivity contribution is 5.90. The van der Waals surface area contributed by atoms with E-state index in [1.165, 1.54) is 11.0 Å². The number of hydrogen-bond acceptors (Lipinski definition) is 4. The summed E-state index contributed by atoms with van der Waals surface area (Å²) >= 11 is 0. The standard InChI is InChI=1S/C16H14FNO4/c17-10-4-2-1-3-9(10)7-18-8-16-6-5-11(22-16)12(15(20)21)13(16)14(18)19/h1-6,11-13H,7-8H2,(H,20,21)/p-1/t11-,12+,13-,16+/m1/s1. The number of nitrogens with zero attached hydrogens (tertiary/aromatic N) is 1.